The lowest BCUT2D eigenvalue weighted by Crippen LogP contribution is -2.46. The van der Waals surface area contributed by atoms with Crippen molar-refractivity contribution >= 4 is 28.6 Å². The molecule has 34 heavy (non-hydrogen) atoms. The van der Waals surface area contributed by atoms with Gasteiger partial charge in [-0.3, -0.25) is 4.90 Å². The summed E-state index contributed by atoms with van der Waals surface area (Å²) in [6.07, 6.45) is 0. The van der Waals surface area contributed by atoms with Crippen molar-refractivity contribution in [3.8, 4) is 11.4 Å². The Morgan fingerprint density at radius 2 is 1.50 bits per heavy atom. The molecule has 0 bridgehead atoms. The van der Waals surface area contributed by atoms with Crippen LogP contribution in [0.1, 0.15) is 30.0 Å². The summed E-state index contributed by atoms with van der Waals surface area (Å²) in [6, 6.07) is 19.6. The van der Waals surface area contributed by atoms with Crippen LogP contribution in [-0.2, 0) is 0 Å². The molecule has 3 aromatic carbocycles. The molecule has 170 valence electrons. The highest BCUT2D eigenvalue weighted by atomic mass is 32.1. The maximum Gasteiger partial charge on any atom is 0.258 e. The fourth-order valence-electron chi connectivity index (χ4n) is 3.98. The number of nitrogens with zero attached hydrogens (tertiary/aromatic N) is 3. The third-order valence-electron chi connectivity index (χ3n) is 5.74. The monoisotopic (exact) mass is 474 g/mol. The van der Waals surface area contributed by atoms with Crippen molar-refractivity contribution in [2.24, 2.45) is 0 Å². The number of allylic oxidation sites excluding steroid dienone is 1. The van der Waals surface area contributed by atoms with Gasteiger partial charge in [0.05, 0.1) is 11.6 Å². The third kappa shape index (κ3) is 4.08. The predicted molar refractivity (Wildman–Crippen MR) is 131 cm³/mol. The molecule has 2 heterocycles. The minimum Gasteiger partial charge on any atom is -0.351 e. The first-order valence-electron chi connectivity index (χ1n) is 10.6. The fraction of sp³-hybridized carbons (Fsp3) is 0.115. The van der Waals surface area contributed by atoms with Gasteiger partial charge < -0.3 is 9.84 Å². The summed E-state index contributed by atoms with van der Waals surface area (Å²) in [5, 5.41) is 7.91. The van der Waals surface area contributed by atoms with Gasteiger partial charge in [0.15, 0.2) is 5.11 Å². The second-order valence-electron chi connectivity index (χ2n) is 8.03. The second kappa shape index (κ2) is 8.79. The van der Waals surface area contributed by atoms with E-state index in [-0.39, 0.29) is 11.6 Å². The van der Waals surface area contributed by atoms with Crippen molar-refractivity contribution in [2.75, 3.05) is 4.90 Å². The van der Waals surface area contributed by atoms with Gasteiger partial charge in [0.2, 0.25) is 5.82 Å². The van der Waals surface area contributed by atoms with Crippen LogP contribution in [0.5, 0.6) is 0 Å². The number of aromatic nitrogens is 2. The lowest BCUT2D eigenvalue weighted by atomic mass is 9.94. The molecule has 0 saturated carbocycles. The van der Waals surface area contributed by atoms with Gasteiger partial charge in [0.1, 0.15) is 11.6 Å². The molecule has 1 aliphatic rings. The zero-order valence-corrected chi connectivity index (χ0v) is 19.2. The van der Waals surface area contributed by atoms with Gasteiger partial charge in [-0.2, -0.15) is 4.98 Å². The zero-order valence-electron chi connectivity index (χ0n) is 18.4. The Hall–Kier alpha value is -3.91. The van der Waals surface area contributed by atoms with Crippen LogP contribution < -0.4 is 10.2 Å². The third-order valence-corrected chi connectivity index (χ3v) is 6.04. The number of benzene rings is 3. The Bertz CT molecular complexity index is 1380. The van der Waals surface area contributed by atoms with Crippen molar-refractivity contribution in [3.05, 3.63) is 107 Å². The molecule has 0 aliphatic carbocycles. The molecular formula is C26H20F2N4OS. The number of thiocarbonyl (C=S) groups is 1. The summed E-state index contributed by atoms with van der Waals surface area (Å²) in [6.45, 7) is 3.89. The van der Waals surface area contributed by atoms with Crippen LogP contribution in [0.2, 0.25) is 0 Å². The van der Waals surface area contributed by atoms with E-state index in [2.05, 4.69) is 15.5 Å². The van der Waals surface area contributed by atoms with Gasteiger partial charge in [0, 0.05) is 16.9 Å². The number of nitrogens with one attached hydrogen (secondary N) is 1. The van der Waals surface area contributed by atoms with Crippen LogP contribution in [0.25, 0.3) is 17.0 Å². The highest BCUT2D eigenvalue weighted by Gasteiger charge is 2.34. The molecule has 5 rings (SSSR count). The zero-order chi connectivity index (χ0) is 23.8. The maximum atomic E-state index is 13.6. The highest BCUT2D eigenvalue weighted by molar-refractivity contribution is 7.80. The predicted octanol–water partition coefficient (Wildman–Crippen LogP) is 6.19. The van der Waals surface area contributed by atoms with Crippen LogP contribution in [0, 0.1) is 18.6 Å². The van der Waals surface area contributed by atoms with E-state index in [9.17, 15) is 8.78 Å². The summed E-state index contributed by atoms with van der Waals surface area (Å²) >= 11 is 5.66. The molecule has 1 unspecified atom stereocenters. The van der Waals surface area contributed by atoms with Crippen molar-refractivity contribution in [1.29, 1.82) is 0 Å². The summed E-state index contributed by atoms with van der Waals surface area (Å²) in [5.74, 6) is 0.0845. The first kappa shape index (κ1) is 21.9. The van der Waals surface area contributed by atoms with Crippen LogP contribution in [0.3, 0.4) is 0 Å². The van der Waals surface area contributed by atoms with E-state index >= 15 is 0 Å². The lowest BCUT2D eigenvalue weighted by Gasteiger charge is -2.37. The summed E-state index contributed by atoms with van der Waals surface area (Å²) < 4.78 is 32.9. The molecule has 1 N–H and O–H groups in total. The first-order valence-corrected chi connectivity index (χ1v) is 11.0. The van der Waals surface area contributed by atoms with Gasteiger partial charge in [-0.15, -0.1) is 0 Å². The van der Waals surface area contributed by atoms with Crippen LogP contribution in [-0.4, -0.2) is 15.3 Å². The summed E-state index contributed by atoms with van der Waals surface area (Å²) in [4.78, 5) is 6.46. The van der Waals surface area contributed by atoms with Crippen molar-refractivity contribution in [1.82, 2.24) is 15.5 Å². The van der Waals surface area contributed by atoms with Gasteiger partial charge in [-0.25, -0.2) is 8.78 Å². The largest absolute Gasteiger partial charge is 0.351 e. The Morgan fingerprint density at radius 3 is 2.15 bits per heavy atom. The number of anilines is 1. The lowest BCUT2D eigenvalue weighted by molar-refractivity contribution is 0.404. The molecular weight excluding hydrogens is 454 g/mol. The number of rotatable bonds is 4. The van der Waals surface area contributed by atoms with E-state index in [4.69, 9.17) is 16.7 Å². The van der Waals surface area contributed by atoms with Gasteiger partial charge >= 0.3 is 0 Å². The van der Waals surface area contributed by atoms with E-state index in [1.165, 1.54) is 24.3 Å². The normalized spacial score (nSPS) is 16.1. The molecule has 0 fully saturated rings. The van der Waals surface area contributed by atoms with E-state index in [1.807, 2.05) is 38.1 Å². The van der Waals surface area contributed by atoms with Crippen molar-refractivity contribution in [2.45, 2.75) is 19.9 Å². The second-order valence-corrected chi connectivity index (χ2v) is 8.42. The molecule has 0 amide bonds. The fourth-order valence-corrected chi connectivity index (χ4v) is 4.34. The molecule has 5 nitrogen and oxygen atoms in total. The number of halogens is 2. The Kier molecular flexibility index (Phi) is 5.67. The smallest absolute Gasteiger partial charge is 0.258 e. The average Bonchev–Trinajstić information content (AvgIpc) is 3.30. The molecule has 1 aromatic heterocycles. The first-order chi connectivity index (χ1) is 16.4. The van der Waals surface area contributed by atoms with E-state index < -0.39 is 6.04 Å². The topological polar surface area (TPSA) is 54.2 Å². The maximum absolute atomic E-state index is 13.6. The van der Waals surface area contributed by atoms with Crippen LogP contribution >= 0.6 is 12.2 Å². The summed E-state index contributed by atoms with van der Waals surface area (Å²) in [5.41, 5.74) is 4.85. The quantitative estimate of drug-likeness (QED) is 0.356. The van der Waals surface area contributed by atoms with E-state index in [0.717, 1.165) is 22.4 Å². The molecule has 0 saturated heterocycles. The minimum atomic E-state index is -0.448. The van der Waals surface area contributed by atoms with Crippen LogP contribution in [0.15, 0.2) is 83.0 Å². The van der Waals surface area contributed by atoms with Gasteiger partial charge in [0.25, 0.3) is 5.89 Å². The standard InChI is InChI=1S/C26H20F2N4OS/c1-15-3-5-18(6-4-15)24-30-25(33-31-24)22-16(2)32(21-13-11-20(28)12-14-21)26(34)29-23(22)17-7-9-19(27)10-8-17/h3-14,23H,1-2H3,(H,29,34). The van der Waals surface area contributed by atoms with Crippen LogP contribution in [0.4, 0.5) is 14.5 Å². The van der Waals surface area contributed by atoms with E-state index in [0.29, 0.717) is 28.1 Å². The van der Waals surface area contributed by atoms with Crippen molar-refractivity contribution in [3.63, 3.8) is 0 Å². The molecule has 8 heteroatoms. The van der Waals surface area contributed by atoms with Crippen molar-refractivity contribution < 1.29 is 13.3 Å². The SMILES string of the molecule is CC1=C(c2nc(-c3ccc(C)cc3)no2)C(c2ccc(F)cc2)NC(=S)N1c1ccc(F)cc1. The molecule has 1 aliphatic heterocycles. The number of hydrogen-bond donors (Lipinski definition) is 1. The number of hydrogen-bond acceptors (Lipinski definition) is 4. The number of aryl methyl sites for hydroxylation is 1. The molecule has 0 radical (unpaired) electrons. The summed E-state index contributed by atoms with van der Waals surface area (Å²) in [7, 11) is 0. The minimum absolute atomic E-state index is 0.310. The molecule has 4 aromatic rings. The van der Waals surface area contributed by atoms with Gasteiger partial charge in [-0.05, 0) is 68.0 Å². The molecule has 0 spiro atoms. The van der Waals surface area contributed by atoms with E-state index in [1.54, 1.807) is 29.2 Å². The highest BCUT2D eigenvalue weighted by Crippen LogP contribution is 2.39. The Labute approximate surface area is 200 Å². The average molecular weight is 475 g/mol. The molecule has 1 atom stereocenters. The Morgan fingerprint density at radius 1 is 0.882 bits per heavy atom. The van der Waals surface area contributed by atoms with Gasteiger partial charge in [-0.1, -0.05) is 47.1 Å². The Balaban J connectivity index is 1.64.